The van der Waals surface area contributed by atoms with E-state index in [0.717, 1.165) is 57.3 Å². The number of aliphatic carboxylic acids is 1. The molecule has 0 atom stereocenters. The number of benzene rings is 1. The Hall–Kier alpha value is -1.35. The summed E-state index contributed by atoms with van der Waals surface area (Å²) in [4.78, 5) is 11.8. The van der Waals surface area contributed by atoms with Gasteiger partial charge in [0.05, 0.1) is 5.41 Å². The molecule has 1 saturated carbocycles. The molecule has 0 bridgehead atoms. The van der Waals surface area contributed by atoms with Crippen molar-refractivity contribution < 1.29 is 14.6 Å². The summed E-state index contributed by atoms with van der Waals surface area (Å²) in [5.74, 6) is -0.130. The van der Waals surface area contributed by atoms with Crippen LogP contribution in [-0.2, 0) is 14.9 Å². The van der Waals surface area contributed by atoms with Crippen molar-refractivity contribution in [3.63, 3.8) is 0 Å². The van der Waals surface area contributed by atoms with Crippen LogP contribution < -0.4 is 0 Å². The Bertz CT molecular complexity index is 483. The van der Waals surface area contributed by atoms with Crippen molar-refractivity contribution in [1.29, 1.82) is 0 Å². The molecule has 1 saturated heterocycles. The minimum atomic E-state index is -0.654. The van der Waals surface area contributed by atoms with Gasteiger partial charge in [0.25, 0.3) is 0 Å². The summed E-state index contributed by atoms with van der Waals surface area (Å²) in [6.45, 7) is 1.64. The van der Waals surface area contributed by atoms with Crippen LogP contribution in [0.2, 0.25) is 0 Å². The monoisotopic (exact) mass is 274 g/mol. The lowest BCUT2D eigenvalue weighted by Crippen LogP contribution is -2.32. The second-order valence-corrected chi connectivity index (χ2v) is 6.11. The molecule has 0 radical (unpaired) electrons. The van der Waals surface area contributed by atoms with Crippen LogP contribution in [0.5, 0.6) is 0 Å². The highest BCUT2D eigenvalue weighted by atomic mass is 16.5. The number of carboxylic acids is 1. The molecular weight excluding hydrogens is 252 g/mol. The van der Waals surface area contributed by atoms with Gasteiger partial charge in [-0.25, -0.2) is 0 Å². The summed E-state index contributed by atoms with van der Waals surface area (Å²) in [6.07, 6.45) is 5.69. The number of carbonyl (C=O) groups is 1. The molecule has 1 aromatic carbocycles. The number of ether oxygens (including phenoxy) is 1. The maximum Gasteiger partial charge on any atom is 0.314 e. The Balaban J connectivity index is 1.91. The summed E-state index contributed by atoms with van der Waals surface area (Å²) in [7, 11) is 0. The number of hydrogen-bond acceptors (Lipinski definition) is 2. The SMILES string of the molecule is O=C(O)C1(c2cccc(C3CCOCC3)c2)CCCC1. The molecule has 1 N–H and O–H groups in total. The average Bonchev–Trinajstić information content (AvgIpc) is 2.99. The molecule has 1 aromatic rings. The second-order valence-electron chi connectivity index (χ2n) is 6.11. The molecule has 3 nitrogen and oxygen atoms in total. The minimum absolute atomic E-state index is 0.524. The highest BCUT2D eigenvalue weighted by Gasteiger charge is 2.43. The van der Waals surface area contributed by atoms with E-state index in [1.54, 1.807) is 0 Å². The van der Waals surface area contributed by atoms with E-state index in [0.29, 0.717) is 5.92 Å². The van der Waals surface area contributed by atoms with Crippen molar-refractivity contribution in [2.45, 2.75) is 49.9 Å². The van der Waals surface area contributed by atoms with Gasteiger partial charge in [0, 0.05) is 13.2 Å². The Kier molecular flexibility index (Phi) is 3.79. The highest BCUT2D eigenvalue weighted by Crippen LogP contribution is 2.42. The molecule has 2 fully saturated rings. The van der Waals surface area contributed by atoms with E-state index in [9.17, 15) is 9.90 Å². The lowest BCUT2D eigenvalue weighted by atomic mass is 9.77. The molecule has 108 valence electrons. The Labute approximate surface area is 120 Å². The van der Waals surface area contributed by atoms with Crippen LogP contribution in [0.1, 0.15) is 55.6 Å². The maximum absolute atomic E-state index is 11.8. The largest absolute Gasteiger partial charge is 0.481 e. The second kappa shape index (κ2) is 5.57. The van der Waals surface area contributed by atoms with Crippen molar-refractivity contribution in [3.8, 4) is 0 Å². The lowest BCUT2D eigenvalue weighted by molar-refractivity contribution is -0.143. The normalized spacial score (nSPS) is 22.8. The van der Waals surface area contributed by atoms with Gasteiger partial charge in [-0.15, -0.1) is 0 Å². The first-order chi connectivity index (χ1) is 9.72. The zero-order valence-electron chi connectivity index (χ0n) is 11.8. The van der Waals surface area contributed by atoms with E-state index in [1.165, 1.54) is 5.56 Å². The molecule has 0 amide bonds. The van der Waals surface area contributed by atoms with Crippen LogP contribution in [0.25, 0.3) is 0 Å². The smallest absolute Gasteiger partial charge is 0.314 e. The number of rotatable bonds is 3. The van der Waals surface area contributed by atoms with E-state index < -0.39 is 11.4 Å². The summed E-state index contributed by atoms with van der Waals surface area (Å²) < 4.78 is 5.42. The van der Waals surface area contributed by atoms with E-state index >= 15 is 0 Å². The predicted molar refractivity (Wildman–Crippen MR) is 77.0 cm³/mol. The van der Waals surface area contributed by atoms with Gasteiger partial charge in [0.1, 0.15) is 0 Å². The molecule has 0 spiro atoms. The van der Waals surface area contributed by atoms with E-state index in [1.807, 2.05) is 12.1 Å². The first-order valence-electron chi connectivity index (χ1n) is 7.64. The quantitative estimate of drug-likeness (QED) is 0.918. The molecule has 2 aliphatic rings. The fourth-order valence-corrected chi connectivity index (χ4v) is 3.73. The van der Waals surface area contributed by atoms with Crippen LogP contribution in [0.15, 0.2) is 24.3 Å². The summed E-state index contributed by atoms with van der Waals surface area (Å²) in [5.41, 5.74) is 1.66. The van der Waals surface area contributed by atoms with Crippen LogP contribution >= 0.6 is 0 Å². The molecule has 3 rings (SSSR count). The molecule has 1 aliphatic heterocycles. The Morgan fingerprint density at radius 2 is 1.90 bits per heavy atom. The maximum atomic E-state index is 11.8. The van der Waals surface area contributed by atoms with Crippen LogP contribution in [-0.4, -0.2) is 24.3 Å². The summed E-state index contributed by atoms with van der Waals surface area (Å²) >= 11 is 0. The topological polar surface area (TPSA) is 46.5 Å². The van der Waals surface area contributed by atoms with E-state index in [-0.39, 0.29) is 0 Å². The van der Waals surface area contributed by atoms with Crippen LogP contribution in [0, 0.1) is 0 Å². The van der Waals surface area contributed by atoms with Gasteiger partial charge >= 0.3 is 5.97 Å². The van der Waals surface area contributed by atoms with Crippen LogP contribution in [0.3, 0.4) is 0 Å². The van der Waals surface area contributed by atoms with Crippen molar-refractivity contribution in [1.82, 2.24) is 0 Å². The number of hydrogen-bond donors (Lipinski definition) is 1. The first kappa shape index (κ1) is 13.6. The van der Waals surface area contributed by atoms with Gasteiger partial charge in [-0.3, -0.25) is 4.79 Å². The molecule has 20 heavy (non-hydrogen) atoms. The van der Waals surface area contributed by atoms with Gasteiger partial charge in [-0.1, -0.05) is 37.1 Å². The van der Waals surface area contributed by atoms with Crippen LogP contribution in [0.4, 0.5) is 0 Å². The summed E-state index contributed by atoms with van der Waals surface area (Å²) in [6, 6.07) is 8.32. The van der Waals surface area contributed by atoms with Crippen molar-refractivity contribution in [3.05, 3.63) is 35.4 Å². The van der Waals surface area contributed by atoms with E-state index in [2.05, 4.69) is 12.1 Å². The van der Waals surface area contributed by atoms with Gasteiger partial charge in [-0.05, 0) is 42.7 Å². The molecule has 3 heteroatoms. The fourth-order valence-electron chi connectivity index (χ4n) is 3.73. The Morgan fingerprint density at radius 1 is 1.20 bits per heavy atom. The minimum Gasteiger partial charge on any atom is -0.481 e. The first-order valence-corrected chi connectivity index (χ1v) is 7.64. The van der Waals surface area contributed by atoms with Crippen molar-refractivity contribution >= 4 is 5.97 Å². The molecule has 1 heterocycles. The molecular formula is C17H22O3. The van der Waals surface area contributed by atoms with Gasteiger partial charge < -0.3 is 9.84 Å². The lowest BCUT2D eigenvalue weighted by Gasteiger charge is -2.27. The third-order valence-corrected chi connectivity index (χ3v) is 5.00. The van der Waals surface area contributed by atoms with Gasteiger partial charge in [0.15, 0.2) is 0 Å². The van der Waals surface area contributed by atoms with Gasteiger partial charge in [0.2, 0.25) is 0 Å². The van der Waals surface area contributed by atoms with Crippen molar-refractivity contribution in [2.24, 2.45) is 0 Å². The zero-order valence-corrected chi connectivity index (χ0v) is 11.8. The average molecular weight is 274 g/mol. The van der Waals surface area contributed by atoms with Crippen molar-refractivity contribution in [2.75, 3.05) is 13.2 Å². The third kappa shape index (κ3) is 2.35. The van der Waals surface area contributed by atoms with E-state index in [4.69, 9.17) is 4.74 Å². The fraction of sp³-hybridized carbons (Fsp3) is 0.588. The third-order valence-electron chi connectivity index (χ3n) is 5.00. The number of carboxylic acid groups (broad SMARTS) is 1. The molecule has 0 aromatic heterocycles. The summed E-state index contributed by atoms with van der Waals surface area (Å²) in [5, 5.41) is 9.70. The predicted octanol–water partition coefficient (Wildman–Crippen LogP) is 3.48. The highest BCUT2D eigenvalue weighted by molar-refractivity contribution is 5.81. The standard InChI is InChI=1S/C17H22O3/c18-16(19)17(8-1-2-9-17)15-5-3-4-14(12-15)13-6-10-20-11-7-13/h3-5,12-13H,1-2,6-11H2,(H,18,19). The molecule has 0 unspecified atom stereocenters. The molecule has 1 aliphatic carbocycles. The zero-order chi connectivity index (χ0) is 14.0. The Morgan fingerprint density at radius 3 is 2.55 bits per heavy atom. The van der Waals surface area contributed by atoms with Gasteiger partial charge in [-0.2, -0.15) is 0 Å².